The fraction of sp³-hybridized carbons (Fsp3) is 0.533. The van der Waals surface area contributed by atoms with Gasteiger partial charge in [-0.3, -0.25) is 4.72 Å². The smallest absolute Gasteiger partial charge is 0.340 e. The maximum Gasteiger partial charge on any atom is 0.340 e. The molecular formula is C15H22N2O4S. The van der Waals surface area contributed by atoms with Gasteiger partial charge in [-0.1, -0.05) is 31.4 Å². The van der Waals surface area contributed by atoms with Crippen LogP contribution in [0.25, 0.3) is 0 Å². The van der Waals surface area contributed by atoms with Gasteiger partial charge in [0.05, 0.1) is 17.9 Å². The van der Waals surface area contributed by atoms with Crippen molar-refractivity contribution in [2.24, 2.45) is 0 Å². The maximum atomic E-state index is 12.2. The first-order valence-corrected chi connectivity index (χ1v) is 9.06. The lowest BCUT2D eigenvalue weighted by atomic mass is 9.96. The van der Waals surface area contributed by atoms with Crippen LogP contribution in [0.2, 0.25) is 0 Å². The number of hydrogen-bond donors (Lipinski definition) is 2. The number of carbonyl (C=O) groups excluding carboxylic acids is 1. The van der Waals surface area contributed by atoms with Crippen molar-refractivity contribution >= 4 is 21.9 Å². The van der Waals surface area contributed by atoms with Gasteiger partial charge in [0.15, 0.2) is 0 Å². The van der Waals surface area contributed by atoms with Gasteiger partial charge in [0.2, 0.25) is 0 Å². The third-order valence-corrected chi connectivity index (χ3v) is 4.73. The summed E-state index contributed by atoms with van der Waals surface area (Å²) in [6.45, 7) is 1.94. The normalized spacial score (nSPS) is 16.2. The lowest BCUT2D eigenvalue weighted by Crippen LogP contribution is -2.39. The van der Waals surface area contributed by atoms with E-state index in [0.717, 1.165) is 32.1 Å². The van der Waals surface area contributed by atoms with Gasteiger partial charge >= 0.3 is 5.97 Å². The molecule has 0 spiro atoms. The van der Waals surface area contributed by atoms with Crippen molar-refractivity contribution < 1.29 is 17.9 Å². The quantitative estimate of drug-likeness (QED) is 0.786. The van der Waals surface area contributed by atoms with Crippen molar-refractivity contribution in [3.8, 4) is 0 Å². The van der Waals surface area contributed by atoms with E-state index in [9.17, 15) is 13.2 Å². The molecule has 1 saturated carbocycles. The Kier molecular flexibility index (Phi) is 5.79. The molecule has 0 atom stereocenters. The molecule has 2 N–H and O–H groups in total. The van der Waals surface area contributed by atoms with Gasteiger partial charge in [0.1, 0.15) is 0 Å². The van der Waals surface area contributed by atoms with Gasteiger partial charge in [0.25, 0.3) is 10.2 Å². The zero-order valence-electron chi connectivity index (χ0n) is 12.7. The summed E-state index contributed by atoms with van der Waals surface area (Å²) in [7, 11) is -3.71. The molecule has 0 saturated heterocycles. The van der Waals surface area contributed by atoms with Crippen LogP contribution in [-0.2, 0) is 14.9 Å². The zero-order chi connectivity index (χ0) is 16.0. The second-order valence-electron chi connectivity index (χ2n) is 5.32. The lowest BCUT2D eigenvalue weighted by molar-refractivity contribution is 0.0527. The Morgan fingerprint density at radius 2 is 1.91 bits per heavy atom. The molecule has 7 heteroatoms. The molecule has 1 fully saturated rings. The highest BCUT2D eigenvalue weighted by Crippen LogP contribution is 2.20. The van der Waals surface area contributed by atoms with Gasteiger partial charge < -0.3 is 4.74 Å². The van der Waals surface area contributed by atoms with E-state index in [1.165, 1.54) is 6.07 Å². The molecule has 1 aliphatic carbocycles. The minimum Gasteiger partial charge on any atom is -0.462 e. The summed E-state index contributed by atoms with van der Waals surface area (Å²) in [5.41, 5.74) is 0.433. The van der Waals surface area contributed by atoms with Crippen molar-refractivity contribution in [3.63, 3.8) is 0 Å². The van der Waals surface area contributed by atoms with Crippen LogP contribution >= 0.6 is 0 Å². The standard InChI is InChI=1S/C15H22N2O4S/c1-2-21-15(18)13-10-6-7-11-14(13)17-22(19,20)16-12-8-4-3-5-9-12/h6-7,10-12,16-17H,2-5,8-9H2,1H3. The van der Waals surface area contributed by atoms with Crippen LogP contribution in [0, 0.1) is 0 Å². The zero-order valence-corrected chi connectivity index (χ0v) is 13.5. The number of ether oxygens (including phenoxy) is 1. The molecule has 2 rings (SSSR count). The number of anilines is 1. The Labute approximate surface area is 131 Å². The molecule has 1 aliphatic rings. The summed E-state index contributed by atoms with van der Waals surface area (Å²) in [5, 5.41) is 0. The summed E-state index contributed by atoms with van der Waals surface area (Å²) >= 11 is 0. The Morgan fingerprint density at radius 3 is 2.59 bits per heavy atom. The minimum absolute atomic E-state index is 0.0407. The Balaban J connectivity index is 2.10. The maximum absolute atomic E-state index is 12.2. The Hall–Kier alpha value is -1.60. The molecule has 6 nitrogen and oxygen atoms in total. The molecule has 0 unspecified atom stereocenters. The number of para-hydroxylation sites is 1. The Morgan fingerprint density at radius 1 is 1.23 bits per heavy atom. The first-order chi connectivity index (χ1) is 10.5. The van der Waals surface area contributed by atoms with Crippen molar-refractivity contribution in [2.75, 3.05) is 11.3 Å². The molecule has 1 aromatic rings. The van der Waals surface area contributed by atoms with Crippen LogP contribution < -0.4 is 9.44 Å². The fourth-order valence-corrected chi connectivity index (χ4v) is 3.77. The highest BCUT2D eigenvalue weighted by molar-refractivity contribution is 7.90. The number of esters is 1. The highest BCUT2D eigenvalue weighted by atomic mass is 32.2. The average molecular weight is 326 g/mol. The average Bonchev–Trinajstić information content (AvgIpc) is 2.48. The predicted molar refractivity (Wildman–Crippen MR) is 84.9 cm³/mol. The minimum atomic E-state index is -3.71. The van der Waals surface area contributed by atoms with Crippen molar-refractivity contribution in [1.82, 2.24) is 4.72 Å². The van der Waals surface area contributed by atoms with Gasteiger partial charge in [-0.2, -0.15) is 13.1 Å². The molecular weight excluding hydrogens is 304 g/mol. The highest BCUT2D eigenvalue weighted by Gasteiger charge is 2.22. The Bertz CT molecular complexity index is 610. The van der Waals surface area contributed by atoms with Crippen LogP contribution in [0.5, 0.6) is 0 Å². The van der Waals surface area contributed by atoms with E-state index < -0.39 is 16.2 Å². The molecule has 0 heterocycles. The molecule has 0 aliphatic heterocycles. The summed E-state index contributed by atoms with van der Waals surface area (Å²) < 4.78 is 34.5. The summed E-state index contributed by atoms with van der Waals surface area (Å²) in [5.74, 6) is -0.543. The SMILES string of the molecule is CCOC(=O)c1ccccc1NS(=O)(=O)NC1CCCCC1. The van der Waals surface area contributed by atoms with Crippen molar-refractivity contribution in [3.05, 3.63) is 29.8 Å². The van der Waals surface area contributed by atoms with Crippen LogP contribution in [0.15, 0.2) is 24.3 Å². The van der Waals surface area contributed by atoms with Crippen LogP contribution in [0.4, 0.5) is 5.69 Å². The first kappa shape index (κ1) is 16.8. The first-order valence-electron chi connectivity index (χ1n) is 7.58. The predicted octanol–water partition coefficient (Wildman–Crippen LogP) is 2.44. The lowest BCUT2D eigenvalue weighted by Gasteiger charge is -2.23. The number of hydrogen-bond acceptors (Lipinski definition) is 4. The summed E-state index contributed by atoms with van der Waals surface area (Å²) in [6.07, 6.45) is 4.91. The molecule has 0 radical (unpaired) electrons. The molecule has 22 heavy (non-hydrogen) atoms. The largest absolute Gasteiger partial charge is 0.462 e. The van der Waals surface area contributed by atoms with E-state index in [-0.39, 0.29) is 23.9 Å². The summed E-state index contributed by atoms with van der Waals surface area (Å²) in [4.78, 5) is 11.9. The molecule has 0 bridgehead atoms. The van der Waals surface area contributed by atoms with Crippen LogP contribution in [-0.4, -0.2) is 27.0 Å². The van der Waals surface area contributed by atoms with E-state index in [1.807, 2.05) is 0 Å². The second kappa shape index (κ2) is 7.60. The van der Waals surface area contributed by atoms with Crippen molar-refractivity contribution in [1.29, 1.82) is 0 Å². The second-order valence-corrected chi connectivity index (χ2v) is 6.77. The van der Waals surface area contributed by atoms with Crippen LogP contribution in [0.3, 0.4) is 0 Å². The molecule has 0 aromatic heterocycles. The van der Waals surface area contributed by atoms with E-state index >= 15 is 0 Å². The van der Waals surface area contributed by atoms with E-state index in [1.54, 1.807) is 25.1 Å². The van der Waals surface area contributed by atoms with E-state index in [0.29, 0.717) is 0 Å². The van der Waals surface area contributed by atoms with E-state index in [2.05, 4.69) is 9.44 Å². The molecule has 1 aromatic carbocycles. The van der Waals surface area contributed by atoms with Gasteiger partial charge in [-0.25, -0.2) is 4.79 Å². The number of nitrogens with one attached hydrogen (secondary N) is 2. The number of rotatable bonds is 6. The topological polar surface area (TPSA) is 84.5 Å². The van der Waals surface area contributed by atoms with Gasteiger partial charge in [0, 0.05) is 6.04 Å². The summed E-state index contributed by atoms with van der Waals surface area (Å²) in [6, 6.07) is 6.38. The third-order valence-electron chi connectivity index (χ3n) is 3.59. The van der Waals surface area contributed by atoms with Crippen molar-refractivity contribution in [2.45, 2.75) is 45.1 Å². The van der Waals surface area contributed by atoms with E-state index in [4.69, 9.17) is 4.74 Å². The fourth-order valence-electron chi connectivity index (χ4n) is 2.57. The molecule has 122 valence electrons. The molecule has 0 amide bonds. The van der Waals surface area contributed by atoms with Gasteiger partial charge in [-0.15, -0.1) is 0 Å². The van der Waals surface area contributed by atoms with Gasteiger partial charge in [-0.05, 0) is 31.9 Å². The third kappa shape index (κ3) is 4.71. The number of carbonyl (C=O) groups is 1. The monoisotopic (exact) mass is 326 g/mol. The number of benzene rings is 1. The van der Waals surface area contributed by atoms with Crippen LogP contribution in [0.1, 0.15) is 49.4 Å².